The van der Waals surface area contributed by atoms with Gasteiger partial charge < -0.3 is 4.74 Å². The number of anilines is 1. The first-order valence-corrected chi connectivity index (χ1v) is 10.2. The molecule has 6 heteroatoms. The van der Waals surface area contributed by atoms with Crippen LogP contribution in [0.1, 0.15) is 5.56 Å². The Morgan fingerprint density at radius 1 is 0.931 bits per heavy atom. The molecule has 0 aliphatic rings. The number of nitrogens with one attached hydrogen (secondary N) is 1. The maximum Gasteiger partial charge on any atom is 0.204 e. The molecule has 4 aromatic rings. The van der Waals surface area contributed by atoms with Gasteiger partial charge in [0.05, 0.1) is 23.9 Å². The fourth-order valence-corrected chi connectivity index (χ4v) is 3.96. The van der Waals surface area contributed by atoms with Crippen molar-refractivity contribution in [2.45, 2.75) is 0 Å². The Kier molecular flexibility index (Phi) is 5.89. The Morgan fingerprint density at radius 2 is 1.66 bits per heavy atom. The second kappa shape index (κ2) is 8.90. The van der Waals surface area contributed by atoms with E-state index >= 15 is 0 Å². The lowest BCUT2D eigenvalue weighted by atomic mass is 10.1. The van der Waals surface area contributed by atoms with Crippen molar-refractivity contribution in [2.75, 3.05) is 12.5 Å². The van der Waals surface area contributed by atoms with Crippen LogP contribution in [0.3, 0.4) is 0 Å². The van der Waals surface area contributed by atoms with E-state index in [1.165, 1.54) is 0 Å². The van der Waals surface area contributed by atoms with Gasteiger partial charge in [0.1, 0.15) is 5.75 Å². The predicted octanol–water partition coefficient (Wildman–Crippen LogP) is 6.59. The van der Waals surface area contributed by atoms with Crippen molar-refractivity contribution in [3.05, 3.63) is 89.4 Å². The lowest BCUT2D eigenvalue weighted by Gasteiger charge is -2.02. The summed E-state index contributed by atoms with van der Waals surface area (Å²) in [6.45, 7) is 0. The SMILES string of the molecule is COc1ccccc1/C=N/Nc1nc(-c2ccc(Cl)cc2)c(-c2ccccc2)s1. The highest BCUT2D eigenvalue weighted by Gasteiger charge is 2.14. The molecule has 0 radical (unpaired) electrons. The van der Waals surface area contributed by atoms with Crippen LogP contribution in [0, 0.1) is 0 Å². The molecule has 0 aliphatic heterocycles. The molecule has 0 unspecified atom stereocenters. The minimum atomic E-state index is 0.699. The lowest BCUT2D eigenvalue weighted by Crippen LogP contribution is -1.93. The van der Waals surface area contributed by atoms with Gasteiger partial charge in [-0.1, -0.05) is 77.5 Å². The molecule has 144 valence electrons. The second-order valence-corrected chi connectivity index (χ2v) is 7.62. The summed E-state index contributed by atoms with van der Waals surface area (Å²) in [5, 5.41) is 5.76. The molecule has 0 fully saturated rings. The standard InChI is InChI=1S/C23H18ClN3OS/c1-28-20-10-6-5-9-18(20)15-25-27-23-26-21(16-11-13-19(24)14-12-16)22(29-23)17-7-3-2-4-8-17/h2-15H,1H3,(H,26,27)/b25-15+. The zero-order valence-electron chi connectivity index (χ0n) is 15.7. The van der Waals surface area contributed by atoms with Gasteiger partial charge in [-0.2, -0.15) is 5.10 Å². The topological polar surface area (TPSA) is 46.5 Å². The van der Waals surface area contributed by atoms with E-state index in [-0.39, 0.29) is 0 Å². The molecule has 0 aliphatic carbocycles. The lowest BCUT2D eigenvalue weighted by molar-refractivity contribution is 0.414. The predicted molar refractivity (Wildman–Crippen MR) is 122 cm³/mol. The number of hydrazone groups is 1. The molecule has 0 saturated heterocycles. The molecule has 0 spiro atoms. The second-order valence-electron chi connectivity index (χ2n) is 6.18. The number of hydrogen-bond acceptors (Lipinski definition) is 5. The Morgan fingerprint density at radius 3 is 2.41 bits per heavy atom. The van der Waals surface area contributed by atoms with Gasteiger partial charge in [0.2, 0.25) is 5.13 Å². The third-order valence-electron chi connectivity index (χ3n) is 4.28. The quantitative estimate of drug-likeness (QED) is 0.283. The van der Waals surface area contributed by atoms with Gasteiger partial charge in [-0.3, -0.25) is 5.43 Å². The van der Waals surface area contributed by atoms with Crippen LogP contribution in [0.4, 0.5) is 5.13 Å². The van der Waals surface area contributed by atoms with Crippen molar-refractivity contribution in [2.24, 2.45) is 5.10 Å². The fraction of sp³-hybridized carbons (Fsp3) is 0.0435. The summed E-state index contributed by atoms with van der Waals surface area (Å²) in [4.78, 5) is 5.85. The molecule has 1 heterocycles. The Balaban J connectivity index is 1.66. The average Bonchev–Trinajstić information content (AvgIpc) is 3.19. The van der Waals surface area contributed by atoms with Crippen LogP contribution in [0.25, 0.3) is 21.7 Å². The van der Waals surface area contributed by atoms with Crippen LogP contribution in [0.15, 0.2) is 84.0 Å². The van der Waals surface area contributed by atoms with Gasteiger partial charge in [0, 0.05) is 16.1 Å². The van der Waals surface area contributed by atoms with E-state index in [1.54, 1.807) is 24.7 Å². The van der Waals surface area contributed by atoms with Crippen LogP contribution < -0.4 is 10.2 Å². The van der Waals surface area contributed by atoms with Crippen molar-refractivity contribution in [1.29, 1.82) is 0 Å². The highest BCUT2D eigenvalue weighted by Crippen LogP contribution is 2.39. The minimum Gasteiger partial charge on any atom is -0.496 e. The van der Waals surface area contributed by atoms with Crippen molar-refractivity contribution in [3.63, 3.8) is 0 Å². The van der Waals surface area contributed by atoms with Crippen molar-refractivity contribution < 1.29 is 4.74 Å². The number of benzene rings is 3. The molecule has 0 saturated carbocycles. The largest absolute Gasteiger partial charge is 0.496 e. The normalized spacial score (nSPS) is 11.0. The maximum absolute atomic E-state index is 6.05. The molecule has 0 atom stereocenters. The molecule has 3 aromatic carbocycles. The zero-order valence-corrected chi connectivity index (χ0v) is 17.2. The summed E-state index contributed by atoms with van der Waals surface area (Å²) >= 11 is 7.61. The number of methoxy groups -OCH3 is 1. The zero-order chi connectivity index (χ0) is 20.1. The maximum atomic E-state index is 6.05. The number of hydrogen-bond donors (Lipinski definition) is 1. The van der Waals surface area contributed by atoms with Crippen molar-refractivity contribution in [1.82, 2.24) is 4.98 Å². The fourth-order valence-electron chi connectivity index (χ4n) is 2.89. The number of thiazole rings is 1. The van der Waals surface area contributed by atoms with Crippen LogP contribution in [0.2, 0.25) is 5.02 Å². The third-order valence-corrected chi connectivity index (χ3v) is 5.54. The first-order chi connectivity index (χ1) is 14.2. The van der Waals surface area contributed by atoms with Crippen LogP contribution in [0.5, 0.6) is 5.75 Å². The van der Waals surface area contributed by atoms with Gasteiger partial charge in [-0.25, -0.2) is 4.98 Å². The molecule has 1 aromatic heterocycles. The molecular weight excluding hydrogens is 402 g/mol. The smallest absolute Gasteiger partial charge is 0.204 e. The first kappa shape index (κ1) is 19.2. The van der Waals surface area contributed by atoms with E-state index in [0.29, 0.717) is 10.2 Å². The van der Waals surface area contributed by atoms with E-state index in [9.17, 15) is 0 Å². The molecule has 4 rings (SSSR count). The van der Waals surface area contributed by atoms with Gasteiger partial charge in [0.15, 0.2) is 0 Å². The van der Waals surface area contributed by atoms with Crippen LogP contribution in [-0.4, -0.2) is 18.3 Å². The van der Waals surface area contributed by atoms with Gasteiger partial charge in [0.25, 0.3) is 0 Å². The molecule has 0 amide bonds. The summed E-state index contributed by atoms with van der Waals surface area (Å²) in [6.07, 6.45) is 1.73. The number of nitrogens with zero attached hydrogens (tertiary/aromatic N) is 2. The molecular formula is C23H18ClN3OS. The monoisotopic (exact) mass is 419 g/mol. The first-order valence-electron chi connectivity index (χ1n) is 8.99. The summed E-state index contributed by atoms with van der Waals surface area (Å²) in [6, 6.07) is 25.6. The third kappa shape index (κ3) is 4.47. The molecule has 1 N–H and O–H groups in total. The Bertz CT molecular complexity index is 1120. The Labute approximate surface area is 178 Å². The van der Waals surface area contributed by atoms with E-state index < -0.39 is 0 Å². The molecule has 4 nitrogen and oxygen atoms in total. The number of aromatic nitrogens is 1. The van der Waals surface area contributed by atoms with E-state index in [1.807, 2.05) is 66.7 Å². The summed E-state index contributed by atoms with van der Waals surface area (Å²) < 4.78 is 5.35. The molecule has 29 heavy (non-hydrogen) atoms. The van der Waals surface area contributed by atoms with Crippen LogP contribution >= 0.6 is 22.9 Å². The van der Waals surface area contributed by atoms with E-state index in [2.05, 4.69) is 22.7 Å². The minimum absolute atomic E-state index is 0.699. The number of halogens is 1. The average molecular weight is 420 g/mol. The van der Waals surface area contributed by atoms with Crippen molar-refractivity contribution >= 4 is 34.3 Å². The molecule has 0 bridgehead atoms. The number of rotatable bonds is 6. The van der Waals surface area contributed by atoms with E-state index in [0.717, 1.165) is 33.0 Å². The number of para-hydroxylation sites is 1. The summed E-state index contributed by atoms with van der Waals surface area (Å²) in [5.41, 5.74) is 6.95. The Hall–Kier alpha value is -3.15. The summed E-state index contributed by atoms with van der Waals surface area (Å²) in [7, 11) is 1.64. The van der Waals surface area contributed by atoms with Crippen LogP contribution in [-0.2, 0) is 0 Å². The summed E-state index contributed by atoms with van der Waals surface area (Å²) in [5.74, 6) is 0.768. The number of ether oxygens (including phenoxy) is 1. The van der Waals surface area contributed by atoms with Gasteiger partial charge >= 0.3 is 0 Å². The van der Waals surface area contributed by atoms with Gasteiger partial charge in [-0.05, 0) is 29.8 Å². The highest BCUT2D eigenvalue weighted by atomic mass is 35.5. The van der Waals surface area contributed by atoms with Crippen molar-refractivity contribution in [3.8, 4) is 27.4 Å². The van der Waals surface area contributed by atoms with Gasteiger partial charge in [-0.15, -0.1) is 0 Å². The highest BCUT2D eigenvalue weighted by molar-refractivity contribution is 7.19. The van der Waals surface area contributed by atoms with E-state index in [4.69, 9.17) is 21.3 Å².